The van der Waals surface area contributed by atoms with E-state index in [0.29, 0.717) is 26.3 Å². The average molecular weight is 440 g/mol. The Kier molecular flexibility index (Phi) is 6.77. The van der Waals surface area contributed by atoms with Crippen LogP contribution in [0, 0.1) is 23.2 Å². The quantitative estimate of drug-likeness (QED) is 0.684. The molecule has 10 heteroatoms. The number of ether oxygens (including phenoxy) is 1. The van der Waals surface area contributed by atoms with Crippen LogP contribution in [0.1, 0.15) is 12.8 Å². The molecule has 1 N–H and O–H groups in total. The van der Waals surface area contributed by atoms with Crippen molar-refractivity contribution in [1.82, 2.24) is 10.2 Å². The third-order valence-electron chi connectivity index (χ3n) is 5.42. The first-order chi connectivity index (χ1) is 13.9. The zero-order valence-electron chi connectivity index (χ0n) is 15.7. The number of amides is 2. The summed E-state index contributed by atoms with van der Waals surface area (Å²) >= 11 is 6.09. The number of benzene rings is 1. The lowest BCUT2D eigenvalue weighted by atomic mass is 9.93. The van der Waals surface area contributed by atoms with Gasteiger partial charge in [0.2, 0.25) is 11.8 Å². The number of morpholine rings is 1. The van der Waals surface area contributed by atoms with Gasteiger partial charge in [-0.25, -0.2) is 8.42 Å². The molecule has 1 saturated carbocycles. The predicted molar refractivity (Wildman–Crippen MR) is 105 cm³/mol. The van der Waals surface area contributed by atoms with Gasteiger partial charge in [0.05, 0.1) is 46.3 Å². The van der Waals surface area contributed by atoms with Crippen molar-refractivity contribution < 1.29 is 22.7 Å². The highest BCUT2D eigenvalue weighted by Crippen LogP contribution is 2.40. The van der Waals surface area contributed by atoms with Gasteiger partial charge in [0.25, 0.3) is 0 Å². The molecule has 2 amide bonds. The zero-order valence-corrected chi connectivity index (χ0v) is 17.3. The highest BCUT2D eigenvalue weighted by atomic mass is 35.5. The van der Waals surface area contributed by atoms with Gasteiger partial charge in [-0.3, -0.25) is 9.59 Å². The van der Waals surface area contributed by atoms with Crippen LogP contribution in [0.4, 0.5) is 0 Å². The maximum atomic E-state index is 13.2. The van der Waals surface area contributed by atoms with E-state index in [1.165, 1.54) is 12.1 Å². The van der Waals surface area contributed by atoms with E-state index in [1.54, 1.807) is 17.0 Å². The van der Waals surface area contributed by atoms with E-state index in [9.17, 15) is 18.0 Å². The van der Waals surface area contributed by atoms with Crippen LogP contribution in [0.3, 0.4) is 0 Å². The number of rotatable bonds is 5. The molecule has 2 fully saturated rings. The number of hydrogen-bond donors (Lipinski definition) is 1. The van der Waals surface area contributed by atoms with E-state index in [1.807, 2.05) is 6.07 Å². The van der Waals surface area contributed by atoms with Crippen molar-refractivity contribution in [3.63, 3.8) is 0 Å². The molecule has 156 valence electrons. The van der Waals surface area contributed by atoms with E-state index < -0.39 is 32.8 Å². The van der Waals surface area contributed by atoms with Crippen LogP contribution in [0.15, 0.2) is 29.2 Å². The van der Waals surface area contributed by atoms with Gasteiger partial charge in [-0.1, -0.05) is 23.7 Å². The first-order valence-electron chi connectivity index (χ1n) is 9.36. The molecule has 1 aromatic carbocycles. The largest absolute Gasteiger partial charge is 0.378 e. The summed E-state index contributed by atoms with van der Waals surface area (Å²) in [6, 6.07) is 7.97. The van der Waals surface area contributed by atoms with Gasteiger partial charge in [0.1, 0.15) is 6.54 Å². The number of sulfone groups is 1. The number of carbonyl (C=O) groups is 2. The molecule has 3 atom stereocenters. The van der Waals surface area contributed by atoms with Gasteiger partial charge in [-0.05, 0) is 25.0 Å². The summed E-state index contributed by atoms with van der Waals surface area (Å²) in [6.07, 6.45) is 0.0416. The first kappa shape index (κ1) is 21.6. The molecule has 1 aliphatic heterocycles. The molecular formula is C19H22ClN3O5S. The van der Waals surface area contributed by atoms with Crippen LogP contribution in [-0.2, 0) is 24.2 Å². The smallest absolute Gasteiger partial charge is 0.226 e. The summed E-state index contributed by atoms with van der Waals surface area (Å²) in [6.45, 7) is 1.43. The molecule has 8 nitrogen and oxygen atoms in total. The fourth-order valence-electron chi connectivity index (χ4n) is 3.94. The van der Waals surface area contributed by atoms with Crippen molar-refractivity contribution >= 4 is 33.3 Å². The van der Waals surface area contributed by atoms with Crippen molar-refractivity contribution in [2.24, 2.45) is 11.8 Å². The third-order valence-corrected chi connectivity index (χ3v) is 8.09. The van der Waals surface area contributed by atoms with E-state index >= 15 is 0 Å². The van der Waals surface area contributed by atoms with Gasteiger partial charge < -0.3 is 15.0 Å². The topological polar surface area (TPSA) is 117 Å². The fraction of sp³-hybridized carbons (Fsp3) is 0.526. The van der Waals surface area contributed by atoms with Crippen LogP contribution >= 0.6 is 11.6 Å². The molecule has 0 bridgehead atoms. The molecule has 1 saturated heterocycles. The van der Waals surface area contributed by atoms with Crippen molar-refractivity contribution in [3.8, 4) is 6.07 Å². The van der Waals surface area contributed by atoms with Gasteiger partial charge in [-0.2, -0.15) is 5.26 Å². The Labute approximate surface area is 174 Å². The molecule has 1 aliphatic carbocycles. The van der Waals surface area contributed by atoms with Gasteiger partial charge in [0.15, 0.2) is 9.84 Å². The second-order valence-electron chi connectivity index (χ2n) is 7.10. The van der Waals surface area contributed by atoms with E-state index in [-0.39, 0.29) is 35.2 Å². The molecule has 2 aliphatic rings. The summed E-state index contributed by atoms with van der Waals surface area (Å²) < 4.78 is 31.6. The minimum atomic E-state index is -3.83. The summed E-state index contributed by atoms with van der Waals surface area (Å²) in [5.74, 6) is -2.31. The second kappa shape index (κ2) is 9.11. The number of carbonyl (C=O) groups excluding carboxylic acids is 2. The predicted octanol–water partition coefficient (Wildman–Crippen LogP) is 1.01. The zero-order chi connectivity index (χ0) is 21.0. The number of nitrogens with one attached hydrogen (secondary N) is 1. The lowest BCUT2D eigenvalue weighted by molar-refractivity contribution is -0.144. The molecule has 0 radical (unpaired) electrons. The lowest BCUT2D eigenvalue weighted by Crippen LogP contribution is -2.46. The van der Waals surface area contributed by atoms with Crippen LogP contribution in [0.25, 0.3) is 0 Å². The van der Waals surface area contributed by atoms with Gasteiger partial charge in [-0.15, -0.1) is 0 Å². The minimum absolute atomic E-state index is 0.00215. The van der Waals surface area contributed by atoms with Crippen LogP contribution in [0.2, 0.25) is 5.02 Å². The van der Waals surface area contributed by atoms with E-state index in [0.717, 1.165) is 0 Å². The highest BCUT2D eigenvalue weighted by molar-refractivity contribution is 7.92. The van der Waals surface area contributed by atoms with Crippen molar-refractivity contribution in [2.45, 2.75) is 23.0 Å². The molecule has 3 rings (SSSR count). The summed E-state index contributed by atoms with van der Waals surface area (Å²) in [4.78, 5) is 27.3. The number of nitrogens with zero attached hydrogens (tertiary/aromatic N) is 2. The summed E-state index contributed by atoms with van der Waals surface area (Å²) in [5.41, 5.74) is 0. The van der Waals surface area contributed by atoms with Gasteiger partial charge in [0, 0.05) is 13.1 Å². The normalized spacial score (nSPS) is 24.7. The fourth-order valence-corrected chi connectivity index (χ4v) is 6.29. The standard InChI is InChI=1S/C19H22ClN3O5S/c20-16-3-1-2-4-17(16)29(26,27)13-11-14(18(24)22-6-5-21)15(12-13)19(25)23-7-9-28-10-8-23/h1-4,13-15H,6-12H2,(H,22,24)/t13-,14-,15-/m1/s1. The maximum Gasteiger partial charge on any atom is 0.226 e. The van der Waals surface area contributed by atoms with Crippen molar-refractivity contribution in [2.75, 3.05) is 32.8 Å². The van der Waals surface area contributed by atoms with Crippen molar-refractivity contribution in [1.29, 1.82) is 5.26 Å². The minimum Gasteiger partial charge on any atom is -0.378 e. The number of nitriles is 1. The second-order valence-corrected chi connectivity index (χ2v) is 9.70. The Bertz CT molecular complexity index is 924. The average Bonchev–Trinajstić information content (AvgIpc) is 3.18. The van der Waals surface area contributed by atoms with Crippen LogP contribution in [0.5, 0.6) is 0 Å². The van der Waals surface area contributed by atoms with Crippen LogP contribution in [-0.4, -0.2) is 63.2 Å². The monoisotopic (exact) mass is 439 g/mol. The maximum absolute atomic E-state index is 13.2. The lowest BCUT2D eigenvalue weighted by Gasteiger charge is -2.30. The molecule has 1 heterocycles. The summed E-state index contributed by atoms with van der Waals surface area (Å²) in [5, 5.41) is 10.4. The van der Waals surface area contributed by atoms with E-state index in [2.05, 4.69) is 5.32 Å². The molecule has 29 heavy (non-hydrogen) atoms. The number of hydrogen-bond acceptors (Lipinski definition) is 6. The van der Waals surface area contributed by atoms with Gasteiger partial charge >= 0.3 is 0 Å². The Balaban J connectivity index is 1.88. The molecule has 0 aromatic heterocycles. The highest BCUT2D eigenvalue weighted by Gasteiger charge is 2.49. The Morgan fingerprint density at radius 1 is 1.21 bits per heavy atom. The Morgan fingerprint density at radius 2 is 1.86 bits per heavy atom. The molecule has 0 spiro atoms. The first-order valence-corrected chi connectivity index (χ1v) is 11.3. The molecule has 1 aromatic rings. The van der Waals surface area contributed by atoms with Crippen LogP contribution < -0.4 is 5.32 Å². The Morgan fingerprint density at radius 3 is 2.52 bits per heavy atom. The van der Waals surface area contributed by atoms with E-state index in [4.69, 9.17) is 21.6 Å². The molecule has 0 unspecified atom stereocenters. The summed E-state index contributed by atoms with van der Waals surface area (Å²) in [7, 11) is -3.83. The van der Waals surface area contributed by atoms with Crippen molar-refractivity contribution in [3.05, 3.63) is 29.3 Å². The number of halogens is 1. The molecular weight excluding hydrogens is 418 g/mol. The Hall–Kier alpha value is -2.15. The SMILES string of the molecule is N#CCNC(=O)[C@@H]1C[C@@H](S(=O)(=O)c2ccccc2Cl)C[C@H]1C(=O)N1CCOCC1. The third kappa shape index (κ3) is 4.55.